The Hall–Kier alpha value is -0.530. The second-order valence-electron chi connectivity index (χ2n) is 3.63. The minimum atomic E-state index is -5.29. The van der Waals surface area contributed by atoms with E-state index in [1.54, 1.807) is 0 Å². The monoisotopic (exact) mass is 318 g/mol. The van der Waals surface area contributed by atoms with Crippen LogP contribution in [0.3, 0.4) is 0 Å². The van der Waals surface area contributed by atoms with Gasteiger partial charge < -0.3 is 29.0 Å². The van der Waals surface area contributed by atoms with E-state index in [1.165, 1.54) is 6.92 Å². The van der Waals surface area contributed by atoms with Crippen LogP contribution in [-0.4, -0.2) is 43.8 Å². The van der Waals surface area contributed by atoms with Gasteiger partial charge in [-0.25, -0.2) is 4.79 Å². The molecular formula is C8H16O9P2. The lowest BCUT2D eigenvalue weighted by Gasteiger charge is -2.30. The van der Waals surface area contributed by atoms with Gasteiger partial charge in [-0.3, -0.25) is 9.13 Å². The normalized spacial score (nSPS) is 13.2. The van der Waals surface area contributed by atoms with Crippen molar-refractivity contribution in [2.24, 2.45) is 0 Å². The molecule has 0 saturated heterocycles. The zero-order valence-corrected chi connectivity index (χ0v) is 12.1. The Morgan fingerprint density at radius 2 is 1.63 bits per heavy atom. The van der Waals surface area contributed by atoms with E-state index < -0.39 is 32.9 Å². The van der Waals surface area contributed by atoms with E-state index >= 15 is 0 Å². The number of rotatable bonds is 7. The second kappa shape index (κ2) is 6.28. The van der Waals surface area contributed by atoms with E-state index in [0.29, 0.717) is 6.92 Å². The molecule has 0 rings (SSSR count). The fourth-order valence-corrected chi connectivity index (χ4v) is 2.68. The summed E-state index contributed by atoms with van der Waals surface area (Å²) in [6.45, 7) is 4.59. The first-order valence-electron chi connectivity index (χ1n) is 4.97. The Morgan fingerprint density at radius 3 is 1.95 bits per heavy atom. The summed E-state index contributed by atoms with van der Waals surface area (Å²) in [5.41, 5.74) is -0.324. The third kappa shape index (κ3) is 4.50. The van der Waals surface area contributed by atoms with Gasteiger partial charge in [0.1, 0.15) is 0 Å². The number of esters is 1. The summed E-state index contributed by atoms with van der Waals surface area (Å²) in [6.07, 6.45) is 0. The quantitative estimate of drug-likeness (QED) is 0.292. The number of hydrogen-bond donors (Lipinski definition) is 4. The molecule has 0 radical (unpaired) electrons. The molecule has 19 heavy (non-hydrogen) atoms. The number of carbonyl (C=O) groups excluding carboxylic acids is 1. The molecule has 0 fully saturated rings. The first-order chi connectivity index (χ1) is 8.37. The number of carbonyl (C=O) groups is 1. The molecule has 4 N–H and O–H groups in total. The van der Waals surface area contributed by atoms with Gasteiger partial charge in [0.05, 0.1) is 18.8 Å². The van der Waals surface area contributed by atoms with Crippen LogP contribution in [0.2, 0.25) is 0 Å². The Bertz CT molecular complexity index is 423. The second-order valence-corrected chi connectivity index (χ2v) is 7.87. The van der Waals surface area contributed by atoms with Gasteiger partial charge in [0, 0.05) is 0 Å². The molecule has 0 heterocycles. The van der Waals surface area contributed by atoms with Crippen LogP contribution in [-0.2, 0) is 23.4 Å². The highest BCUT2D eigenvalue weighted by Crippen LogP contribution is 2.69. The number of hydrogen-bond acceptors (Lipinski definition) is 5. The average molecular weight is 318 g/mol. The van der Waals surface area contributed by atoms with Crippen molar-refractivity contribution in [2.45, 2.75) is 18.9 Å². The van der Waals surface area contributed by atoms with Crippen LogP contribution in [0.4, 0.5) is 0 Å². The molecule has 9 nitrogen and oxygen atoms in total. The van der Waals surface area contributed by atoms with E-state index in [1.807, 2.05) is 0 Å². The highest BCUT2D eigenvalue weighted by Gasteiger charge is 2.58. The van der Waals surface area contributed by atoms with Crippen molar-refractivity contribution in [3.63, 3.8) is 0 Å². The molecule has 0 saturated carbocycles. The molecule has 0 aromatic rings. The highest BCUT2D eigenvalue weighted by atomic mass is 31.2. The average Bonchev–Trinajstić information content (AvgIpc) is 2.22. The molecule has 112 valence electrons. The molecule has 0 aromatic carbocycles. The predicted molar refractivity (Wildman–Crippen MR) is 64.2 cm³/mol. The smallest absolute Gasteiger partial charge is 0.369 e. The maximum Gasteiger partial charge on any atom is 0.369 e. The Balaban J connectivity index is 5.02. The first-order valence-corrected chi connectivity index (χ1v) is 8.19. The Labute approximate surface area is 109 Å². The van der Waals surface area contributed by atoms with Gasteiger partial charge in [0.2, 0.25) is 0 Å². The molecule has 0 spiro atoms. The summed E-state index contributed by atoms with van der Waals surface area (Å²) in [5, 5.41) is -3.05. The van der Waals surface area contributed by atoms with Crippen molar-refractivity contribution in [1.82, 2.24) is 0 Å². The van der Waals surface area contributed by atoms with E-state index in [0.717, 1.165) is 0 Å². The molecule has 11 heteroatoms. The standard InChI is InChI=1S/C8H16O9P2/c1-4-16-7(9)6(2)5-17-8(3,18(10,11)12)19(13,14)15/h2,4-5H2,1,3H3,(H2,10,11,12)(H2,13,14,15). The largest absolute Gasteiger partial charge is 0.463 e. The summed E-state index contributed by atoms with van der Waals surface area (Å²) in [4.78, 5) is 47.1. The van der Waals surface area contributed by atoms with Gasteiger partial charge in [0.25, 0.3) is 5.08 Å². The van der Waals surface area contributed by atoms with Gasteiger partial charge in [-0.1, -0.05) is 6.58 Å². The van der Waals surface area contributed by atoms with Crippen molar-refractivity contribution in [3.05, 3.63) is 12.2 Å². The lowest BCUT2D eigenvalue weighted by molar-refractivity contribution is -0.139. The summed E-state index contributed by atoms with van der Waals surface area (Å²) < 4.78 is 31.4. The molecule has 0 unspecified atom stereocenters. The SMILES string of the molecule is C=C(COC(C)(P(=O)(O)O)P(=O)(O)O)C(=O)OCC. The van der Waals surface area contributed by atoms with Crippen molar-refractivity contribution >= 4 is 21.2 Å². The summed E-state index contributed by atoms with van der Waals surface area (Å²) in [5.74, 6) is -0.888. The van der Waals surface area contributed by atoms with Crippen LogP contribution >= 0.6 is 15.2 Å². The lowest BCUT2D eigenvalue weighted by atomic mass is 10.3. The molecule has 0 aliphatic heterocycles. The van der Waals surface area contributed by atoms with Gasteiger partial charge in [0.15, 0.2) is 0 Å². The molecule has 0 bridgehead atoms. The predicted octanol–water partition coefficient (Wildman–Crippen LogP) is 0.151. The molecule has 0 aromatic heterocycles. The highest BCUT2D eigenvalue weighted by molar-refractivity contribution is 7.72. The zero-order chi connectivity index (χ0) is 15.5. The molecular weight excluding hydrogens is 302 g/mol. The van der Waals surface area contributed by atoms with Crippen molar-refractivity contribution in [2.75, 3.05) is 13.2 Å². The van der Waals surface area contributed by atoms with E-state index in [9.17, 15) is 13.9 Å². The van der Waals surface area contributed by atoms with Crippen molar-refractivity contribution < 1.29 is 43.0 Å². The summed E-state index contributed by atoms with van der Waals surface area (Å²) in [7, 11) is -10.6. The van der Waals surface area contributed by atoms with Crippen molar-refractivity contribution in [1.29, 1.82) is 0 Å². The van der Waals surface area contributed by atoms with Gasteiger partial charge in [-0.2, -0.15) is 0 Å². The maximum atomic E-state index is 11.2. The lowest BCUT2D eigenvalue weighted by Crippen LogP contribution is -2.30. The van der Waals surface area contributed by atoms with Crippen molar-refractivity contribution in [3.8, 4) is 0 Å². The Morgan fingerprint density at radius 1 is 1.21 bits per heavy atom. The van der Waals surface area contributed by atoms with Gasteiger partial charge in [-0.15, -0.1) is 0 Å². The topological polar surface area (TPSA) is 151 Å². The maximum absolute atomic E-state index is 11.2. The fourth-order valence-electron chi connectivity index (χ4n) is 0.854. The van der Waals surface area contributed by atoms with E-state index in [2.05, 4.69) is 16.1 Å². The van der Waals surface area contributed by atoms with Crippen LogP contribution in [0.5, 0.6) is 0 Å². The minimum Gasteiger partial charge on any atom is -0.463 e. The van der Waals surface area contributed by atoms with Gasteiger partial charge >= 0.3 is 21.2 Å². The van der Waals surface area contributed by atoms with Gasteiger partial charge in [-0.05, 0) is 13.8 Å². The van der Waals surface area contributed by atoms with Crippen LogP contribution in [0.1, 0.15) is 13.8 Å². The van der Waals surface area contributed by atoms with E-state index in [4.69, 9.17) is 19.6 Å². The molecule has 0 atom stereocenters. The summed E-state index contributed by atoms with van der Waals surface area (Å²) in [6, 6.07) is 0. The molecule has 0 aliphatic rings. The number of ether oxygens (including phenoxy) is 2. The van der Waals surface area contributed by atoms with Crippen LogP contribution in [0, 0.1) is 0 Å². The van der Waals surface area contributed by atoms with Crippen LogP contribution in [0.15, 0.2) is 12.2 Å². The first kappa shape index (κ1) is 18.5. The minimum absolute atomic E-state index is 0.0477. The fraction of sp³-hybridized carbons (Fsp3) is 0.625. The summed E-state index contributed by atoms with van der Waals surface area (Å²) >= 11 is 0. The third-order valence-electron chi connectivity index (χ3n) is 2.16. The third-order valence-corrected chi connectivity index (χ3v) is 6.15. The zero-order valence-electron chi connectivity index (χ0n) is 10.3. The molecule has 0 aliphatic carbocycles. The van der Waals surface area contributed by atoms with Crippen LogP contribution in [0.25, 0.3) is 0 Å². The molecule has 0 amide bonds. The van der Waals surface area contributed by atoms with E-state index in [-0.39, 0.29) is 12.2 Å². The van der Waals surface area contributed by atoms with Crippen LogP contribution < -0.4 is 0 Å². The Kier molecular flexibility index (Phi) is 6.10.